The first-order valence-electron chi connectivity index (χ1n) is 4.79. The molecule has 0 unspecified atom stereocenters. The Morgan fingerprint density at radius 1 is 1.53 bits per heavy atom. The van der Waals surface area contributed by atoms with E-state index in [1.807, 2.05) is 10.9 Å². The van der Waals surface area contributed by atoms with Crippen molar-refractivity contribution in [2.45, 2.75) is 26.5 Å². The van der Waals surface area contributed by atoms with E-state index < -0.39 is 0 Å². The molecule has 0 radical (unpaired) electrons. The highest BCUT2D eigenvalue weighted by Gasteiger charge is 2.02. The van der Waals surface area contributed by atoms with Gasteiger partial charge < -0.3 is 9.26 Å². The SMILES string of the molecule is CCCn1cc(OCc2ncon2)cn1. The smallest absolute Gasteiger partial charge is 0.213 e. The minimum Gasteiger partial charge on any atom is -0.482 e. The predicted octanol–water partition coefficient (Wildman–Crippen LogP) is 1.26. The Morgan fingerprint density at radius 3 is 3.20 bits per heavy atom. The monoisotopic (exact) mass is 208 g/mol. The molecule has 2 aromatic rings. The average Bonchev–Trinajstić information content (AvgIpc) is 2.85. The maximum atomic E-state index is 5.41. The van der Waals surface area contributed by atoms with Gasteiger partial charge in [-0.2, -0.15) is 10.1 Å². The molecule has 15 heavy (non-hydrogen) atoms. The summed E-state index contributed by atoms with van der Waals surface area (Å²) in [5, 5.41) is 7.77. The van der Waals surface area contributed by atoms with E-state index in [1.54, 1.807) is 6.20 Å². The summed E-state index contributed by atoms with van der Waals surface area (Å²) in [7, 11) is 0. The van der Waals surface area contributed by atoms with E-state index in [2.05, 4.69) is 26.7 Å². The Labute approximate surface area is 86.9 Å². The van der Waals surface area contributed by atoms with Crippen molar-refractivity contribution in [3.8, 4) is 5.75 Å². The maximum Gasteiger partial charge on any atom is 0.213 e. The van der Waals surface area contributed by atoms with E-state index >= 15 is 0 Å². The van der Waals surface area contributed by atoms with Gasteiger partial charge in [-0.1, -0.05) is 12.1 Å². The zero-order valence-corrected chi connectivity index (χ0v) is 8.46. The molecule has 0 aliphatic carbocycles. The summed E-state index contributed by atoms with van der Waals surface area (Å²) in [6.45, 7) is 3.29. The predicted molar refractivity (Wildman–Crippen MR) is 51.1 cm³/mol. The Morgan fingerprint density at radius 2 is 2.47 bits per heavy atom. The molecule has 0 saturated carbocycles. The summed E-state index contributed by atoms with van der Waals surface area (Å²) >= 11 is 0. The molecule has 6 nitrogen and oxygen atoms in total. The lowest BCUT2D eigenvalue weighted by Crippen LogP contribution is -1.97. The zero-order valence-electron chi connectivity index (χ0n) is 8.46. The summed E-state index contributed by atoms with van der Waals surface area (Å²) in [6, 6.07) is 0. The molecule has 0 amide bonds. The largest absolute Gasteiger partial charge is 0.482 e. The van der Waals surface area contributed by atoms with Crippen LogP contribution < -0.4 is 4.74 Å². The minimum absolute atomic E-state index is 0.300. The Balaban J connectivity index is 1.88. The minimum atomic E-state index is 0.300. The van der Waals surface area contributed by atoms with Crippen LogP contribution in [0, 0.1) is 0 Å². The highest BCUT2D eigenvalue weighted by molar-refractivity contribution is 5.11. The van der Waals surface area contributed by atoms with Gasteiger partial charge in [0, 0.05) is 6.54 Å². The van der Waals surface area contributed by atoms with Crippen LogP contribution in [-0.2, 0) is 13.2 Å². The molecule has 80 valence electrons. The van der Waals surface area contributed by atoms with Gasteiger partial charge in [-0.05, 0) is 6.42 Å². The highest BCUT2D eigenvalue weighted by atomic mass is 16.5. The van der Waals surface area contributed by atoms with Gasteiger partial charge in [-0.15, -0.1) is 0 Å². The molecule has 0 spiro atoms. The Hall–Kier alpha value is -1.85. The van der Waals surface area contributed by atoms with Crippen LogP contribution >= 0.6 is 0 Å². The van der Waals surface area contributed by atoms with Gasteiger partial charge in [0.2, 0.25) is 12.2 Å². The molecular formula is C9H12N4O2. The van der Waals surface area contributed by atoms with Gasteiger partial charge in [0.05, 0.1) is 12.4 Å². The second-order valence-corrected chi connectivity index (χ2v) is 3.08. The van der Waals surface area contributed by atoms with E-state index in [9.17, 15) is 0 Å². The Kier molecular flexibility index (Phi) is 2.96. The van der Waals surface area contributed by atoms with Crippen molar-refractivity contribution in [2.24, 2.45) is 0 Å². The third-order valence-electron chi connectivity index (χ3n) is 1.84. The first-order valence-corrected chi connectivity index (χ1v) is 4.79. The summed E-state index contributed by atoms with van der Waals surface area (Å²) in [5.74, 6) is 1.24. The van der Waals surface area contributed by atoms with Crippen LogP contribution in [0.1, 0.15) is 19.2 Å². The normalized spacial score (nSPS) is 10.5. The van der Waals surface area contributed by atoms with Crippen LogP contribution in [0.5, 0.6) is 5.75 Å². The molecule has 0 saturated heterocycles. The number of ether oxygens (including phenoxy) is 1. The number of nitrogens with zero attached hydrogens (tertiary/aromatic N) is 4. The van der Waals surface area contributed by atoms with Crippen LogP contribution in [0.15, 0.2) is 23.3 Å². The molecular weight excluding hydrogens is 196 g/mol. The van der Waals surface area contributed by atoms with Crippen LogP contribution in [0.25, 0.3) is 0 Å². The van der Waals surface area contributed by atoms with Gasteiger partial charge in [0.25, 0.3) is 0 Å². The molecule has 2 heterocycles. The summed E-state index contributed by atoms with van der Waals surface area (Å²) in [5.41, 5.74) is 0. The first-order chi connectivity index (χ1) is 7.38. The lowest BCUT2D eigenvalue weighted by atomic mass is 10.5. The highest BCUT2D eigenvalue weighted by Crippen LogP contribution is 2.09. The van der Waals surface area contributed by atoms with Crippen LogP contribution in [-0.4, -0.2) is 19.9 Å². The molecule has 2 aromatic heterocycles. The number of rotatable bonds is 5. The molecule has 0 aromatic carbocycles. The fourth-order valence-corrected chi connectivity index (χ4v) is 1.17. The van der Waals surface area contributed by atoms with Crippen LogP contribution in [0.3, 0.4) is 0 Å². The van der Waals surface area contributed by atoms with E-state index in [-0.39, 0.29) is 0 Å². The number of hydrogen-bond acceptors (Lipinski definition) is 5. The molecule has 0 atom stereocenters. The Bertz CT molecular complexity index is 396. The first kappa shape index (κ1) is 9.70. The lowest BCUT2D eigenvalue weighted by Gasteiger charge is -1.98. The van der Waals surface area contributed by atoms with E-state index in [4.69, 9.17) is 4.74 Å². The average molecular weight is 208 g/mol. The van der Waals surface area contributed by atoms with Crippen LogP contribution in [0.2, 0.25) is 0 Å². The third kappa shape index (κ3) is 2.55. The van der Waals surface area contributed by atoms with Gasteiger partial charge in [0.1, 0.15) is 0 Å². The molecule has 6 heteroatoms. The fourth-order valence-electron chi connectivity index (χ4n) is 1.17. The molecule has 0 aliphatic rings. The molecule has 2 rings (SSSR count). The second kappa shape index (κ2) is 4.59. The number of aryl methyl sites for hydroxylation is 1. The van der Waals surface area contributed by atoms with E-state index in [0.29, 0.717) is 18.2 Å². The van der Waals surface area contributed by atoms with Crippen molar-refractivity contribution in [3.63, 3.8) is 0 Å². The zero-order chi connectivity index (χ0) is 10.5. The number of aromatic nitrogens is 4. The fraction of sp³-hybridized carbons (Fsp3) is 0.444. The van der Waals surface area contributed by atoms with Crippen molar-refractivity contribution in [2.75, 3.05) is 0 Å². The van der Waals surface area contributed by atoms with Gasteiger partial charge in [0.15, 0.2) is 12.4 Å². The van der Waals surface area contributed by atoms with Gasteiger partial charge in [-0.25, -0.2) is 0 Å². The molecule has 0 aliphatic heterocycles. The van der Waals surface area contributed by atoms with E-state index in [0.717, 1.165) is 13.0 Å². The quantitative estimate of drug-likeness (QED) is 0.739. The summed E-state index contributed by atoms with van der Waals surface area (Å²) in [4.78, 5) is 3.84. The standard InChI is InChI=1S/C9H12N4O2/c1-2-3-13-5-8(4-11-13)14-6-9-10-7-15-12-9/h4-5,7H,2-3,6H2,1H3. The molecule has 0 fully saturated rings. The summed E-state index contributed by atoms with van der Waals surface area (Å²) < 4.78 is 11.8. The second-order valence-electron chi connectivity index (χ2n) is 3.08. The van der Waals surface area contributed by atoms with Gasteiger partial charge >= 0.3 is 0 Å². The van der Waals surface area contributed by atoms with E-state index in [1.165, 1.54) is 6.39 Å². The molecule has 0 bridgehead atoms. The third-order valence-corrected chi connectivity index (χ3v) is 1.84. The van der Waals surface area contributed by atoms with Crippen molar-refractivity contribution in [1.82, 2.24) is 19.9 Å². The number of hydrogen-bond donors (Lipinski definition) is 0. The summed E-state index contributed by atoms with van der Waals surface area (Å²) in [6.07, 6.45) is 5.85. The van der Waals surface area contributed by atoms with Crippen molar-refractivity contribution >= 4 is 0 Å². The maximum absolute atomic E-state index is 5.41. The van der Waals surface area contributed by atoms with Crippen molar-refractivity contribution in [3.05, 3.63) is 24.6 Å². The topological polar surface area (TPSA) is 66.0 Å². The lowest BCUT2D eigenvalue weighted by molar-refractivity contribution is 0.286. The van der Waals surface area contributed by atoms with Gasteiger partial charge in [-0.3, -0.25) is 4.68 Å². The van der Waals surface area contributed by atoms with Crippen molar-refractivity contribution < 1.29 is 9.26 Å². The van der Waals surface area contributed by atoms with Crippen LogP contribution in [0.4, 0.5) is 0 Å². The molecule has 0 N–H and O–H groups in total. The van der Waals surface area contributed by atoms with Crippen molar-refractivity contribution in [1.29, 1.82) is 0 Å².